The number of pyridine rings is 2. The van der Waals surface area contributed by atoms with Crippen molar-refractivity contribution in [1.29, 1.82) is 5.41 Å². The first kappa shape index (κ1) is 22.8. The first-order valence-corrected chi connectivity index (χ1v) is 11.8. The van der Waals surface area contributed by atoms with Gasteiger partial charge in [-0.15, -0.1) is 0 Å². The van der Waals surface area contributed by atoms with Crippen molar-refractivity contribution in [3.63, 3.8) is 0 Å². The van der Waals surface area contributed by atoms with Crippen molar-refractivity contribution in [1.82, 2.24) is 25.1 Å². The molecule has 0 aliphatic carbocycles. The highest BCUT2D eigenvalue weighted by Gasteiger charge is 2.24. The molecule has 0 unspecified atom stereocenters. The highest BCUT2D eigenvalue weighted by Crippen LogP contribution is 2.33. The highest BCUT2D eigenvalue weighted by atomic mass is 16.5. The van der Waals surface area contributed by atoms with Gasteiger partial charge in [-0.05, 0) is 38.0 Å². The van der Waals surface area contributed by atoms with Crippen LogP contribution in [0.3, 0.4) is 0 Å². The van der Waals surface area contributed by atoms with Crippen LogP contribution in [0.4, 0.5) is 27.9 Å². The monoisotopic (exact) mass is 475 g/mol. The van der Waals surface area contributed by atoms with Crippen LogP contribution in [0.5, 0.6) is 0 Å². The van der Waals surface area contributed by atoms with E-state index < -0.39 is 0 Å². The Kier molecular flexibility index (Phi) is 6.57. The van der Waals surface area contributed by atoms with E-state index in [1.54, 1.807) is 18.5 Å². The Balaban J connectivity index is 1.49. The Morgan fingerprint density at radius 3 is 2.80 bits per heavy atom. The molecule has 35 heavy (non-hydrogen) atoms. The first-order valence-electron chi connectivity index (χ1n) is 11.8. The zero-order chi connectivity index (χ0) is 24.2. The molecule has 2 fully saturated rings. The summed E-state index contributed by atoms with van der Waals surface area (Å²) in [4.78, 5) is 25.9. The van der Waals surface area contributed by atoms with Crippen LogP contribution in [0.25, 0.3) is 11.3 Å². The van der Waals surface area contributed by atoms with E-state index in [-0.39, 0.29) is 12.1 Å². The number of H-pyrrole nitrogens is 1. The number of likely N-dealkylation sites (tertiary alicyclic amines) is 1. The van der Waals surface area contributed by atoms with Gasteiger partial charge >= 0.3 is 6.03 Å². The lowest BCUT2D eigenvalue weighted by Gasteiger charge is -2.35. The maximum atomic E-state index is 12.4. The number of carbonyl (C=O) groups excluding carboxylic acids is 1. The number of urea groups is 1. The number of hydrogen-bond donors (Lipinski definition) is 4. The van der Waals surface area contributed by atoms with Gasteiger partial charge in [0.1, 0.15) is 17.5 Å². The van der Waals surface area contributed by atoms with Crippen LogP contribution in [-0.2, 0) is 4.74 Å². The van der Waals surface area contributed by atoms with Gasteiger partial charge in [0.25, 0.3) is 0 Å². The predicted octanol–water partition coefficient (Wildman–Crippen LogP) is 3.46. The van der Waals surface area contributed by atoms with Crippen LogP contribution < -0.4 is 15.5 Å². The molecule has 182 valence electrons. The molecule has 5 rings (SSSR count). The number of nitrogens with zero attached hydrogens (tertiary/aromatic N) is 5. The van der Waals surface area contributed by atoms with Gasteiger partial charge in [0.15, 0.2) is 0 Å². The van der Waals surface area contributed by atoms with E-state index in [1.165, 1.54) is 6.21 Å². The second-order valence-electron chi connectivity index (χ2n) is 8.70. The summed E-state index contributed by atoms with van der Waals surface area (Å²) in [6.45, 7) is 5.63. The summed E-state index contributed by atoms with van der Waals surface area (Å²) in [6.07, 6.45) is 6.66. The number of morpholine rings is 1. The van der Waals surface area contributed by atoms with Crippen molar-refractivity contribution in [2.75, 3.05) is 48.4 Å². The Bertz CT molecular complexity index is 1170. The van der Waals surface area contributed by atoms with Gasteiger partial charge in [-0.1, -0.05) is 0 Å². The number of rotatable bonds is 6. The number of aromatic nitrogens is 4. The number of nitrogens with one attached hydrogen (secondary N) is 4. The summed E-state index contributed by atoms with van der Waals surface area (Å²) in [5.74, 6) is 1.98. The third-order valence-electron chi connectivity index (χ3n) is 6.29. The van der Waals surface area contributed by atoms with Crippen LogP contribution in [0, 0.1) is 5.41 Å². The molecule has 3 aromatic heterocycles. The molecule has 0 aromatic carbocycles. The van der Waals surface area contributed by atoms with Gasteiger partial charge in [0.05, 0.1) is 43.0 Å². The van der Waals surface area contributed by atoms with Crippen LogP contribution in [0.2, 0.25) is 0 Å². The second kappa shape index (κ2) is 10.1. The van der Waals surface area contributed by atoms with Crippen LogP contribution in [-0.4, -0.2) is 76.2 Å². The van der Waals surface area contributed by atoms with E-state index in [4.69, 9.17) is 15.1 Å². The molecule has 3 aromatic rings. The first-order chi connectivity index (χ1) is 17.1. The minimum atomic E-state index is -0.101. The molecule has 5 heterocycles. The van der Waals surface area contributed by atoms with Crippen LogP contribution in [0.1, 0.15) is 25.3 Å². The highest BCUT2D eigenvalue weighted by molar-refractivity contribution is 5.96. The molecule has 2 saturated heterocycles. The van der Waals surface area contributed by atoms with E-state index in [9.17, 15) is 4.79 Å². The number of hydrogen-bond acceptors (Lipinski definition) is 8. The topological polar surface area (TPSA) is 135 Å². The third kappa shape index (κ3) is 4.94. The van der Waals surface area contributed by atoms with Gasteiger partial charge < -0.3 is 30.6 Å². The van der Waals surface area contributed by atoms with Gasteiger partial charge in [-0.3, -0.25) is 10.1 Å². The summed E-state index contributed by atoms with van der Waals surface area (Å²) in [5.41, 5.74) is 2.68. The molecular formula is C24H29N9O2. The smallest absolute Gasteiger partial charge is 0.321 e. The fourth-order valence-electron chi connectivity index (χ4n) is 4.41. The SMILES string of the molecule is C[C@@H]1COCCN1c1cc(-c2ccc(NC(=O)N3CCCC3)cn2)c(C=N)c(Nc2ccn[nH]2)n1. The molecule has 0 radical (unpaired) electrons. The number of amides is 2. The summed E-state index contributed by atoms with van der Waals surface area (Å²) in [5, 5.41) is 21.2. The Morgan fingerprint density at radius 1 is 1.26 bits per heavy atom. The van der Waals surface area contributed by atoms with Crippen molar-refractivity contribution >= 4 is 35.4 Å². The quantitative estimate of drug-likeness (QED) is 0.401. The minimum Gasteiger partial charge on any atom is -0.377 e. The van der Waals surface area contributed by atoms with Crippen LogP contribution >= 0.6 is 0 Å². The molecule has 0 saturated carbocycles. The lowest BCUT2D eigenvalue weighted by Crippen LogP contribution is -2.44. The molecule has 0 spiro atoms. The molecule has 0 bridgehead atoms. The van der Waals surface area contributed by atoms with Gasteiger partial charge in [-0.2, -0.15) is 5.10 Å². The summed E-state index contributed by atoms with van der Waals surface area (Å²) >= 11 is 0. The van der Waals surface area contributed by atoms with E-state index in [0.29, 0.717) is 41.8 Å². The number of carbonyl (C=O) groups is 1. The van der Waals surface area contributed by atoms with Crippen molar-refractivity contribution in [2.24, 2.45) is 0 Å². The molecule has 4 N–H and O–H groups in total. The fraction of sp³-hybridized carbons (Fsp3) is 0.375. The predicted molar refractivity (Wildman–Crippen MR) is 135 cm³/mol. The van der Waals surface area contributed by atoms with Crippen molar-refractivity contribution in [3.8, 4) is 11.3 Å². The summed E-state index contributed by atoms with van der Waals surface area (Å²) in [6, 6.07) is 7.51. The Labute approximate surface area is 203 Å². The zero-order valence-electron chi connectivity index (χ0n) is 19.6. The van der Waals surface area contributed by atoms with E-state index >= 15 is 0 Å². The van der Waals surface area contributed by atoms with Gasteiger partial charge in [0, 0.05) is 43.0 Å². The molecule has 2 aliphatic heterocycles. The average molecular weight is 476 g/mol. The van der Waals surface area contributed by atoms with Crippen molar-refractivity contribution < 1.29 is 9.53 Å². The van der Waals surface area contributed by atoms with E-state index in [2.05, 4.69) is 37.6 Å². The Hall–Kier alpha value is -3.99. The van der Waals surface area contributed by atoms with Gasteiger partial charge in [-0.25, -0.2) is 9.78 Å². The number of anilines is 4. The fourth-order valence-corrected chi connectivity index (χ4v) is 4.41. The standard InChI is InChI=1S/C24H29N9O2/c1-16-15-35-11-10-33(16)22-12-18(19(13-25)23(30-22)29-21-6-7-27-31-21)20-5-4-17(14-26-20)28-24(34)32-8-2-3-9-32/h4-7,12-14,16,25H,2-3,8-11,15H2,1H3,(H,28,34)(H2,27,29,30,31)/t16-/m1/s1. The maximum absolute atomic E-state index is 12.4. The van der Waals surface area contributed by atoms with Crippen molar-refractivity contribution in [3.05, 3.63) is 42.2 Å². The second-order valence-corrected chi connectivity index (χ2v) is 8.70. The molecule has 1 atom stereocenters. The van der Waals surface area contributed by atoms with Crippen LogP contribution in [0.15, 0.2) is 36.7 Å². The lowest BCUT2D eigenvalue weighted by atomic mass is 10.0. The normalized spacial score (nSPS) is 17.9. The van der Waals surface area contributed by atoms with E-state index in [0.717, 1.165) is 43.9 Å². The molecular weight excluding hydrogens is 446 g/mol. The lowest BCUT2D eigenvalue weighted by molar-refractivity contribution is 0.0985. The molecule has 11 nitrogen and oxygen atoms in total. The Morgan fingerprint density at radius 2 is 2.11 bits per heavy atom. The maximum Gasteiger partial charge on any atom is 0.321 e. The third-order valence-corrected chi connectivity index (χ3v) is 6.29. The largest absolute Gasteiger partial charge is 0.377 e. The number of aromatic amines is 1. The molecule has 2 aliphatic rings. The zero-order valence-corrected chi connectivity index (χ0v) is 19.6. The van der Waals surface area contributed by atoms with E-state index in [1.807, 2.05) is 23.1 Å². The van der Waals surface area contributed by atoms with Gasteiger partial charge in [0.2, 0.25) is 0 Å². The molecule has 2 amide bonds. The summed E-state index contributed by atoms with van der Waals surface area (Å²) in [7, 11) is 0. The molecule has 11 heteroatoms. The average Bonchev–Trinajstić information content (AvgIpc) is 3.59. The summed E-state index contributed by atoms with van der Waals surface area (Å²) < 4.78 is 5.61. The minimum absolute atomic E-state index is 0.101. The number of ether oxygens (including phenoxy) is 1. The van der Waals surface area contributed by atoms with Crippen molar-refractivity contribution in [2.45, 2.75) is 25.8 Å².